The van der Waals surface area contributed by atoms with Crippen LogP contribution < -0.4 is 11.2 Å². The quantitative estimate of drug-likeness (QED) is 0.338. The third-order valence-corrected chi connectivity index (χ3v) is 4.06. The van der Waals surface area contributed by atoms with Crippen molar-refractivity contribution in [3.8, 4) is 16.9 Å². The summed E-state index contributed by atoms with van der Waals surface area (Å²) in [5.41, 5.74) is 4.08. The van der Waals surface area contributed by atoms with Gasteiger partial charge in [0.2, 0.25) is 0 Å². The third kappa shape index (κ3) is 3.83. The van der Waals surface area contributed by atoms with Gasteiger partial charge in [0.05, 0.1) is 6.61 Å². The summed E-state index contributed by atoms with van der Waals surface area (Å²) < 4.78 is 5.14. The van der Waals surface area contributed by atoms with E-state index in [2.05, 4.69) is 15.7 Å². The Kier molecular flexibility index (Phi) is 5.17. The number of phenolic OH excluding ortho intramolecular Hbond substituents is 1. The van der Waals surface area contributed by atoms with Crippen LogP contribution in [0.4, 0.5) is 5.69 Å². The number of nitrogens with zero attached hydrogens (tertiary/aromatic N) is 2. The molecule has 0 spiro atoms. The first kappa shape index (κ1) is 17.5. The lowest BCUT2D eigenvalue weighted by Gasteiger charge is -2.14. The Morgan fingerprint density at radius 3 is 2.69 bits per heavy atom. The molecule has 2 aromatic carbocycles. The van der Waals surface area contributed by atoms with E-state index in [0.29, 0.717) is 18.6 Å². The van der Waals surface area contributed by atoms with E-state index in [-0.39, 0.29) is 11.7 Å². The minimum absolute atomic E-state index is 0.213. The molecule has 0 amide bonds. The highest BCUT2D eigenvalue weighted by Gasteiger charge is 2.22. The second-order valence-electron chi connectivity index (χ2n) is 5.83. The maximum atomic E-state index is 12.3. The number of hydrogen-bond acceptors (Lipinski definition) is 6. The third-order valence-electron chi connectivity index (χ3n) is 4.06. The number of aromatic hydroxyl groups is 1. The monoisotopic (exact) mass is 352 g/mol. The van der Waals surface area contributed by atoms with Crippen LogP contribution in [-0.2, 0) is 9.53 Å². The van der Waals surface area contributed by atoms with E-state index >= 15 is 0 Å². The number of carbonyl (C=O) groups is 1. The Balaban J connectivity index is 2.03. The molecule has 0 fully saturated rings. The number of nitrogens with one attached hydrogen (secondary N) is 1. The van der Waals surface area contributed by atoms with E-state index in [1.807, 2.05) is 30.3 Å². The minimum atomic E-state index is -0.448. The zero-order chi connectivity index (χ0) is 18.5. The summed E-state index contributed by atoms with van der Waals surface area (Å²) in [6.45, 7) is 2.06. The van der Waals surface area contributed by atoms with E-state index in [1.54, 1.807) is 25.1 Å². The van der Waals surface area contributed by atoms with Crippen molar-refractivity contribution >= 4 is 17.7 Å². The molecule has 7 nitrogen and oxygen atoms in total. The standard InChI is InChI=1S/C19H20N4O3/c1-2-26-19(25)15-10-14-9-13(12-3-6-16(24)7-4-12)5-8-17(14)21-18(11-15)22-23-20/h3-10,18,21,24H,2,11H2,1H3,(H2,20,22). The van der Waals surface area contributed by atoms with E-state index in [1.165, 1.54) is 0 Å². The highest BCUT2D eigenvalue weighted by atomic mass is 16.5. The van der Waals surface area contributed by atoms with Crippen molar-refractivity contribution in [2.45, 2.75) is 19.5 Å². The lowest BCUT2D eigenvalue weighted by Crippen LogP contribution is -2.19. The number of phenols is 1. The summed E-state index contributed by atoms with van der Waals surface area (Å²) in [5.74, 6) is 5.02. The predicted molar refractivity (Wildman–Crippen MR) is 99.2 cm³/mol. The van der Waals surface area contributed by atoms with E-state index in [4.69, 9.17) is 10.6 Å². The van der Waals surface area contributed by atoms with Gasteiger partial charge in [0.1, 0.15) is 11.9 Å². The van der Waals surface area contributed by atoms with Crippen molar-refractivity contribution in [1.29, 1.82) is 0 Å². The summed E-state index contributed by atoms with van der Waals surface area (Å²) in [6.07, 6.45) is 1.68. The fourth-order valence-corrected chi connectivity index (χ4v) is 2.85. The van der Waals surface area contributed by atoms with E-state index in [9.17, 15) is 9.90 Å². The molecule has 2 aromatic rings. The number of esters is 1. The Hall–Kier alpha value is -3.35. The number of ether oxygens (including phenoxy) is 1. The van der Waals surface area contributed by atoms with Crippen LogP contribution in [0.2, 0.25) is 0 Å². The van der Waals surface area contributed by atoms with Gasteiger partial charge in [-0.05, 0) is 54.0 Å². The van der Waals surface area contributed by atoms with Crippen molar-refractivity contribution in [3.63, 3.8) is 0 Å². The van der Waals surface area contributed by atoms with Crippen LogP contribution in [0.15, 0.2) is 58.4 Å². The van der Waals surface area contributed by atoms with Gasteiger partial charge >= 0.3 is 5.97 Å². The van der Waals surface area contributed by atoms with Crippen LogP contribution >= 0.6 is 0 Å². The zero-order valence-corrected chi connectivity index (χ0v) is 14.3. The molecule has 0 aromatic heterocycles. The Morgan fingerprint density at radius 2 is 2.00 bits per heavy atom. The molecule has 1 unspecified atom stereocenters. The number of nitrogens with two attached hydrogens (primary N) is 1. The molecule has 0 saturated heterocycles. The van der Waals surface area contributed by atoms with Crippen molar-refractivity contribution in [3.05, 3.63) is 53.6 Å². The first-order chi connectivity index (χ1) is 12.6. The summed E-state index contributed by atoms with van der Waals surface area (Å²) in [4.78, 5) is 12.3. The van der Waals surface area contributed by atoms with Crippen molar-refractivity contribution in [2.24, 2.45) is 16.2 Å². The molecule has 0 saturated carbocycles. The molecule has 26 heavy (non-hydrogen) atoms. The van der Waals surface area contributed by atoms with Gasteiger partial charge in [-0.3, -0.25) is 0 Å². The molecular weight excluding hydrogens is 332 g/mol. The predicted octanol–water partition coefficient (Wildman–Crippen LogP) is 3.47. The second-order valence-corrected chi connectivity index (χ2v) is 5.83. The van der Waals surface area contributed by atoms with E-state index in [0.717, 1.165) is 22.4 Å². The van der Waals surface area contributed by atoms with Crippen LogP contribution in [0.25, 0.3) is 17.2 Å². The van der Waals surface area contributed by atoms with E-state index < -0.39 is 6.17 Å². The second kappa shape index (κ2) is 7.69. The van der Waals surface area contributed by atoms with Crippen molar-refractivity contribution < 1.29 is 14.6 Å². The summed E-state index contributed by atoms with van der Waals surface area (Å²) >= 11 is 0. The van der Waals surface area contributed by atoms with Gasteiger partial charge < -0.3 is 21.0 Å². The number of carbonyl (C=O) groups excluding carboxylic acids is 1. The maximum absolute atomic E-state index is 12.3. The average molecular weight is 352 g/mol. The number of fused-ring (bicyclic) bond motifs is 1. The van der Waals surface area contributed by atoms with Crippen LogP contribution in [0.5, 0.6) is 5.75 Å². The lowest BCUT2D eigenvalue weighted by atomic mass is 10.0. The van der Waals surface area contributed by atoms with Crippen LogP contribution in [0.3, 0.4) is 0 Å². The molecule has 1 aliphatic rings. The molecule has 4 N–H and O–H groups in total. The number of rotatable bonds is 4. The first-order valence-corrected chi connectivity index (χ1v) is 8.28. The van der Waals surface area contributed by atoms with Crippen molar-refractivity contribution in [1.82, 2.24) is 0 Å². The van der Waals surface area contributed by atoms with Gasteiger partial charge in [-0.15, -0.1) is 5.11 Å². The maximum Gasteiger partial charge on any atom is 0.334 e. The molecule has 1 heterocycles. The Bertz CT molecular complexity index is 860. The summed E-state index contributed by atoms with van der Waals surface area (Å²) in [7, 11) is 0. The fraction of sp³-hybridized carbons (Fsp3) is 0.211. The van der Waals surface area contributed by atoms with Gasteiger partial charge in [-0.1, -0.05) is 23.4 Å². The van der Waals surface area contributed by atoms with Gasteiger partial charge in [-0.25, -0.2) is 4.79 Å². The van der Waals surface area contributed by atoms with Crippen molar-refractivity contribution in [2.75, 3.05) is 11.9 Å². The molecular formula is C19H20N4O3. The highest BCUT2D eigenvalue weighted by molar-refractivity contribution is 5.96. The van der Waals surface area contributed by atoms with Gasteiger partial charge in [-0.2, -0.15) is 0 Å². The molecule has 0 bridgehead atoms. The Morgan fingerprint density at radius 1 is 1.27 bits per heavy atom. The van der Waals surface area contributed by atoms with Crippen LogP contribution in [0.1, 0.15) is 18.9 Å². The smallest absolute Gasteiger partial charge is 0.334 e. The SMILES string of the molecule is CCOC(=O)C1=Cc2cc(-c3ccc(O)cc3)ccc2NC(N=NN)C1. The fourth-order valence-electron chi connectivity index (χ4n) is 2.85. The largest absolute Gasteiger partial charge is 0.508 e. The molecule has 0 aliphatic carbocycles. The molecule has 134 valence electrons. The molecule has 1 aliphatic heterocycles. The number of benzene rings is 2. The topological polar surface area (TPSA) is 109 Å². The summed E-state index contributed by atoms with van der Waals surface area (Å²) in [6, 6.07) is 12.8. The normalized spacial score (nSPS) is 16.3. The lowest BCUT2D eigenvalue weighted by molar-refractivity contribution is -0.138. The van der Waals surface area contributed by atoms with Gasteiger partial charge in [0, 0.05) is 17.7 Å². The van der Waals surface area contributed by atoms with Crippen LogP contribution in [-0.4, -0.2) is 23.8 Å². The molecule has 1 atom stereocenters. The Labute approximate surface area is 151 Å². The van der Waals surface area contributed by atoms with Gasteiger partial charge in [0.15, 0.2) is 0 Å². The number of hydrogen-bond donors (Lipinski definition) is 3. The zero-order valence-electron chi connectivity index (χ0n) is 14.3. The van der Waals surface area contributed by atoms with Crippen LogP contribution in [0, 0.1) is 0 Å². The highest BCUT2D eigenvalue weighted by Crippen LogP contribution is 2.32. The summed E-state index contributed by atoms with van der Waals surface area (Å²) in [5, 5.41) is 20.0. The molecule has 7 heteroatoms. The minimum Gasteiger partial charge on any atom is -0.508 e. The van der Waals surface area contributed by atoms with Gasteiger partial charge in [0.25, 0.3) is 0 Å². The first-order valence-electron chi connectivity index (χ1n) is 8.28. The number of anilines is 1. The molecule has 0 radical (unpaired) electrons. The molecule has 3 rings (SSSR count). The average Bonchev–Trinajstić information content (AvgIpc) is 2.81.